The molecule has 6 rings (SSSR count). The largest absolute Gasteiger partial charge is 0.464 e. The molecule has 4 heterocycles. The van der Waals surface area contributed by atoms with Crippen molar-refractivity contribution in [3.05, 3.63) is 77.6 Å². The maximum absolute atomic E-state index is 14.6. The number of carbonyl (C=O) groups excluding carboxylic acids is 4. The van der Waals surface area contributed by atoms with E-state index in [1.54, 1.807) is 7.05 Å². The minimum atomic E-state index is -1.02. The first-order chi connectivity index (χ1) is 29.9. The molecule has 13 heteroatoms. The first kappa shape index (κ1) is 46.8. The lowest BCUT2D eigenvalue weighted by Gasteiger charge is -2.36. The lowest BCUT2D eigenvalue weighted by molar-refractivity contribution is -0.155. The topological polar surface area (TPSA) is 151 Å². The molecular weight excluding hydrogens is 793 g/mol. The molecular formula is C50H66N8O5. The first-order valence-corrected chi connectivity index (χ1v) is 22.5. The van der Waals surface area contributed by atoms with Crippen LogP contribution in [0.4, 0.5) is 0 Å². The Kier molecular flexibility index (Phi) is 14.7. The van der Waals surface area contributed by atoms with Crippen molar-refractivity contribution in [1.82, 2.24) is 30.2 Å². The maximum Gasteiger partial charge on any atom is 0.324 e. The van der Waals surface area contributed by atoms with E-state index >= 15 is 0 Å². The van der Waals surface area contributed by atoms with Gasteiger partial charge in [0.2, 0.25) is 11.8 Å². The van der Waals surface area contributed by atoms with Gasteiger partial charge in [-0.1, -0.05) is 65.0 Å². The minimum absolute atomic E-state index is 0.0716. The summed E-state index contributed by atoms with van der Waals surface area (Å²) in [6.07, 6.45) is 6.62. The third-order valence-corrected chi connectivity index (χ3v) is 11.9. The molecule has 3 amide bonds. The normalized spacial score (nSPS) is 18.6. The molecule has 6 bridgehead atoms. The average Bonchev–Trinajstić information content (AvgIpc) is 3.55. The van der Waals surface area contributed by atoms with E-state index in [4.69, 9.17) is 4.74 Å². The van der Waals surface area contributed by atoms with E-state index in [-0.39, 0.29) is 49.3 Å². The molecule has 0 unspecified atom stereocenters. The summed E-state index contributed by atoms with van der Waals surface area (Å²) < 4.78 is 8.48. The number of aryl methyl sites for hydroxylation is 2. The SMILES string of the molecule is CCc1ccncc1-c1c2c3cc(ccc3n1CC)-c1cccc(c1)C[C@H](NC(=O)[C@H](C(C)C)N(C)C(=O)CCN=C=NC(C)(C)C)C(=O)N1CCC[C@H](N1)C(=O)OCC(C)(C)C2. The van der Waals surface area contributed by atoms with Crippen LogP contribution in [-0.2, 0) is 49.7 Å². The van der Waals surface area contributed by atoms with E-state index in [0.717, 1.165) is 51.8 Å². The van der Waals surface area contributed by atoms with Gasteiger partial charge in [0.05, 0.1) is 30.4 Å². The molecule has 1 fully saturated rings. The number of likely N-dealkylation sites (N-methyl/N-ethyl adjacent to an activating group) is 1. The second-order valence-corrected chi connectivity index (χ2v) is 19.1. The Balaban J connectivity index is 1.40. The third-order valence-electron chi connectivity index (χ3n) is 11.9. The molecule has 2 aromatic heterocycles. The summed E-state index contributed by atoms with van der Waals surface area (Å²) in [4.78, 5) is 70.6. The minimum Gasteiger partial charge on any atom is -0.464 e. The summed E-state index contributed by atoms with van der Waals surface area (Å²) in [6, 6.07) is 16.8. The predicted molar refractivity (Wildman–Crippen MR) is 248 cm³/mol. The van der Waals surface area contributed by atoms with Crippen LogP contribution in [-0.4, -0.2) is 99.6 Å². The van der Waals surface area contributed by atoms with E-state index in [1.807, 2.05) is 59.1 Å². The highest BCUT2D eigenvalue weighted by molar-refractivity contribution is 5.96. The molecule has 0 saturated carbocycles. The zero-order chi connectivity index (χ0) is 45.6. The van der Waals surface area contributed by atoms with Gasteiger partial charge in [0, 0.05) is 67.3 Å². The summed E-state index contributed by atoms with van der Waals surface area (Å²) in [5.74, 6) is -1.78. The number of rotatable bonds is 10. The van der Waals surface area contributed by atoms with Gasteiger partial charge in [-0.3, -0.25) is 29.2 Å². The van der Waals surface area contributed by atoms with Gasteiger partial charge in [0.1, 0.15) is 18.1 Å². The van der Waals surface area contributed by atoms with Crippen LogP contribution in [0.2, 0.25) is 0 Å². The lowest BCUT2D eigenvalue weighted by Crippen LogP contribution is -2.62. The van der Waals surface area contributed by atoms with Crippen LogP contribution >= 0.6 is 0 Å². The third kappa shape index (κ3) is 11.1. The molecule has 3 atom stereocenters. The Hall–Kier alpha value is -5.65. The van der Waals surface area contributed by atoms with Crippen LogP contribution in [0.1, 0.15) is 98.3 Å². The van der Waals surface area contributed by atoms with Gasteiger partial charge in [0.25, 0.3) is 5.91 Å². The van der Waals surface area contributed by atoms with E-state index in [9.17, 15) is 19.2 Å². The number of amides is 3. The summed E-state index contributed by atoms with van der Waals surface area (Å²) in [5.41, 5.74) is 10.9. The van der Waals surface area contributed by atoms with Crippen LogP contribution < -0.4 is 10.7 Å². The molecule has 2 aliphatic rings. The molecule has 2 aliphatic heterocycles. The van der Waals surface area contributed by atoms with Crippen molar-refractivity contribution in [1.29, 1.82) is 0 Å². The first-order valence-electron chi connectivity index (χ1n) is 22.5. The van der Waals surface area contributed by atoms with Crippen molar-refractivity contribution < 1.29 is 23.9 Å². The summed E-state index contributed by atoms with van der Waals surface area (Å²) in [6.45, 7) is 19.6. The number of aromatic nitrogens is 2. The molecule has 4 aromatic rings. The fraction of sp³-hybridized carbons (Fsp3) is 0.520. The Morgan fingerprint density at radius 1 is 1.10 bits per heavy atom. The predicted octanol–water partition coefficient (Wildman–Crippen LogP) is 7.45. The monoisotopic (exact) mass is 859 g/mol. The maximum atomic E-state index is 14.6. The number of carbonyl (C=O) groups is 4. The fourth-order valence-electron chi connectivity index (χ4n) is 8.78. The summed E-state index contributed by atoms with van der Waals surface area (Å²) in [7, 11) is 1.61. The van der Waals surface area contributed by atoms with Crippen molar-refractivity contribution in [2.45, 2.75) is 131 Å². The number of hydrogen-bond acceptors (Lipinski definition) is 9. The van der Waals surface area contributed by atoms with E-state index in [0.29, 0.717) is 25.8 Å². The van der Waals surface area contributed by atoms with Crippen molar-refractivity contribution in [3.63, 3.8) is 0 Å². The van der Waals surface area contributed by atoms with Crippen molar-refractivity contribution >= 4 is 40.6 Å². The van der Waals surface area contributed by atoms with Crippen molar-refractivity contribution in [3.8, 4) is 22.4 Å². The highest BCUT2D eigenvalue weighted by Crippen LogP contribution is 2.41. The van der Waals surface area contributed by atoms with Gasteiger partial charge >= 0.3 is 5.97 Å². The number of esters is 1. The molecule has 2 aromatic carbocycles. The molecule has 0 radical (unpaired) electrons. The molecule has 13 nitrogen and oxygen atoms in total. The van der Waals surface area contributed by atoms with Crippen molar-refractivity contribution in [2.75, 3.05) is 26.7 Å². The zero-order valence-electron chi connectivity index (χ0n) is 38.9. The Morgan fingerprint density at radius 2 is 1.86 bits per heavy atom. The van der Waals surface area contributed by atoms with Gasteiger partial charge in [-0.05, 0) is 105 Å². The number of ether oxygens (including phenoxy) is 1. The highest BCUT2D eigenvalue weighted by atomic mass is 16.5. The average molecular weight is 859 g/mol. The molecule has 0 aliphatic carbocycles. The second-order valence-electron chi connectivity index (χ2n) is 19.1. The molecule has 0 spiro atoms. The van der Waals surface area contributed by atoms with Crippen LogP contribution in [0.25, 0.3) is 33.3 Å². The molecule has 2 N–H and O–H groups in total. The van der Waals surface area contributed by atoms with Crippen molar-refractivity contribution in [2.24, 2.45) is 21.3 Å². The van der Waals surface area contributed by atoms with E-state index < -0.39 is 35.4 Å². The number of aliphatic imine (C=N–C) groups is 2. The molecule has 336 valence electrons. The fourth-order valence-corrected chi connectivity index (χ4v) is 8.78. The number of benzene rings is 2. The number of pyridine rings is 1. The van der Waals surface area contributed by atoms with Gasteiger partial charge in [0.15, 0.2) is 0 Å². The van der Waals surface area contributed by atoms with Gasteiger partial charge in [-0.2, -0.15) is 0 Å². The standard InChI is InChI=1S/C50H66N8O5/c1-11-34-20-22-51-29-39(34)45-38-28-50(8,9)30-63-48(62)40-17-14-24-58(55-40)47(61)41(26-33-15-13-16-35(25-33)36-18-19-42(37(38)27-36)57(45)12-2)54-46(60)44(32(3)4)56(10)43(59)21-23-52-31-53-49(5,6)7/h13,15-16,18-20,22,25,27,29,32,40-41,44,55H,11-12,14,17,21,23-24,26,28,30H2,1-10H3,(H,54,60)/t40-,41-,44-/m0/s1. The highest BCUT2D eigenvalue weighted by Gasteiger charge is 2.37. The van der Waals surface area contributed by atoms with E-state index in [2.05, 4.69) is 100 Å². The quantitative estimate of drug-likeness (QED) is 0.124. The van der Waals surface area contributed by atoms with Crippen LogP contribution in [0.15, 0.2) is 70.9 Å². The lowest BCUT2D eigenvalue weighted by atomic mass is 9.84. The van der Waals surface area contributed by atoms with Gasteiger partial charge < -0.3 is 19.5 Å². The van der Waals surface area contributed by atoms with Crippen LogP contribution in [0.5, 0.6) is 0 Å². The summed E-state index contributed by atoms with van der Waals surface area (Å²) >= 11 is 0. The second kappa shape index (κ2) is 19.8. The summed E-state index contributed by atoms with van der Waals surface area (Å²) in [5, 5.41) is 5.63. The number of nitrogens with one attached hydrogen (secondary N) is 2. The smallest absolute Gasteiger partial charge is 0.324 e. The van der Waals surface area contributed by atoms with Crippen LogP contribution in [0.3, 0.4) is 0 Å². The Bertz CT molecular complexity index is 2390. The van der Waals surface area contributed by atoms with Crippen LogP contribution in [0, 0.1) is 11.3 Å². The zero-order valence-corrected chi connectivity index (χ0v) is 38.9. The number of cyclic esters (lactones) is 1. The number of fused-ring (bicyclic) bond motifs is 6. The number of nitrogens with zero attached hydrogens (tertiary/aromatic N) is 6. The van der Waals surface area contributed by atoms with Gasteiger partial charge in [-0.15, -0.1) is 0 Å². The Morgan fingerprint density at radius 3 is 2.57 bits per heavy atom. The number of hydrazine groups is 1. The molecule has 1 saturated heterocycles. The molecule has 63 heavy (non-hydrogen) atoms. The Labute approximate surface area is 372 Å². The van der Waals surface area contributed by atoms with Gasteiger partial charge in [-0.25, -0.2) is 15.4 Å². The number of hydrogen-bond donors (Lipinski definition) is 2. The van der Waals surface area contributed by atoms with E-state index in [1.165, 1.54) is 21.0 Å².